The van der Waals surface area contributed by atoms with Gasteiger partial charge in [0.05, 0.1) is 16.7 Å². The summed E-state index contributed by atoms with van der Waals surface area (Å²) in [5, 5.41) is 14.5. The monoisotopic (exact) mass is 467 g/mol. The van der Waals surface area contributed by atoms with Crippen LogP contribution in [0.25, 0.3) is 0 Å². The molecule has 0 aliphatic heterocycles. The SMILES string of the molecule is O=C(NN=Cc1ccccc1OC(=O)c1ccccc1Br)c1ccc([N+](=O)[O-])cc1. The number of halogens is 1. The van der Waals surface area contributed by atoms with Crippen molar-refractivity contribution in [2.45, 2.75) is 0 Å². The number of hydrazone groups is 1. The van der Waals surface area contributed by atoms with Crippen molar-refractivity contribution >= 4 is 39.7 Å². The number of amides is 1. The number of nitro groups is 1. The van der Waals surface area contributed by atoms with Gasteiger partial charge in [0, 0.05) is 27.7 Å². The molecule has 0 heterocycles. The normalized spacial score (nSPS) is 10.6. The number of nitro benzene ring substituents is 1. The van der Waals surface area contributed by atoms with Crippen LogP contribution >= 0.6 is 15.9 Å². The molecule has 1 amide bonds. The van der Waals surface area contributed by atoms with E-state index in [1.54, 1.807) is 48.5 Å². The van der Waals surface area contributed by atoms with E-state index >= 15 is 0 Å². The minimum Gasteiger partial charge on any atom is -0.422 e. The Bertz CT molecular complexity index is 1130. The van der Waals surface area contributed by atoms with Crippen LogP contribution in [0.1, 0.15) is 26.3 Å². The maximum Gasteiger partial charge on any atom is 0.344 e. The number of non-ortho nitro benzene ring substituents is 1. The van der Waals surface area contributed by atoms with E-state index in [9.17, 15) is 19.7 Å². The summed E-state index contributed by atoms with van der Waals surface area (Å²) in [6, 6.07) is 18.7. The lowest BCUT2D eigenvalue weighted by atomic mass is 10.2. The van der Waals surface area contributed by atoms with E-state index in [-0.39, 0.29) is 17.0 Å². The molecule has 8 nitrogen and oxygen atoms in total. The van der Waals surface area contributed by atoms with Crippen molar-refractivity contribution in [1.82, 2.24) is 5.43 Å². The lowest BCUT2D eigenvalue weighted by molar-refractivity contribution is -0.384. The molecular formula is C21H14BrN3O5. The van der Waals surface area contributed by atoms with Crippen LogP contribution in [-0.2, 0) is 0 Å². The second-order valence-electron chi connectivity index (χ2n) is 5.91. The highest BCUT2D eigenvalue weighted by molar-refractivity contribution is 9.10. The average Bonchev–Trinajstić information content (AvgIpc) is 2.75. The highest BCUT2D eigenvalue weighted by Gasteiger charge is 2.14. The number of rotatable bonds is 6. The highest BCUT2D eigenvalue weighted by atomic mass is 79.9. The number of esters is 1. The molecule has 3 rings (SSSR count). The van der Waals surface area contributed by atoms with Gasteiger partial charge in [-0.25, -0.2) is 10.2 Å². The van der Waals surface area contributed by atoms with E-state index < -0.39 is 16.8 Å². The van der Waals surface area contributed by atoms with Gasteiger partial charge >= 0.3 is 5.97 Å². The smallest absolute Gasteiger partial charge is 0.344 e. The van der Waals surface area contributed by atoms with E-state index in [2.05, 4.69) is 26.5 Å². The molecule has 150 valence electrons. The Morgan fingerprint density at radius 1 is 1.00 bits per heavy atom. The fourth-order valence-electron chi connectivity index (χ4n) is 2.42. The van der Waals surface area contributed by atoms with Gasteiger partial charge in [-0.3, -0.25) is 14.9 Å². The van der Waals surface area contributed by atoms with Gasteiger partial charge in [0.2, 0.25) is 0 Å². The molecule has 30 heavy (non-hydrogen) atoms. The molecule has 0 fully saturated rings. The molecule has 9 heteroatoms. The molecule has 0 saturated carbocycles. The van der Waals surface area contributed by atoms with E-state index in [0.29, 0.717) is 15.6 Å². The lowest BCUT2D eigenvalue weighted by Crippen LogP contribution is -2.17. The molecule has 0 radical (unpaired) electrons. The zero-order chi connectivity index (χ0) is 21.5. The molecule has 0 aromatic heterocycles. The molecule has 0 spiro atoms. The Kier molecular flexibility index (Phi) is 6.66. The summed E-state index contributed by atoms with van der Waals surface area (Å²) in [4.78, 5) is 34.7. The summed E-state index contributed by atoms with van der Waals surface area (Å²) < 4.78 is 6.06. The first-order valence-electron chi connectivity index (χ1n) is 8.59. The predicted molar refractivity (Wildman–Crippen MR) is 114 cm³/mol. The molecule has 0 aliphatic rings. The predicted octanol–water partition coefficient (Wildman–Crippen LogP) is 4.34. The fourth-order valence-corrected chi connectivity index (χ4v) is 2.87. The summed E-state index contributed by atoms with van der Waals surface area (Å²) in [6.45, 7) is 0. The summed E-state index contributed by atoms with van der Waals surface area (Å²) in [5.74, 6) is -0.811. The van der Waals surface area contributed by atoms with Gasteiger partial charge in [0.1, 0.15) is 5.75 Å². The van der Waals surface area contributed by atoms with Crippen LogP contribution in [0.2, 0.25) is 0 Å². The Morgan fingerprint density at radius 2 is 1.67 bits per heavy atom. The first-order chi connectivity index (χ1) is 14.5. The Labute approximate surface area is 179 Å². The van der Waals surface area contributed by atoms with Gasteiger partial charge in [0.15, 0.2) is 0 Å². The second kappa shape index (κ2) is 9.57. The number of para-hydroxylation sites is 1. The molecule has 3 aromatic rings. The maximum absolute atomic E-state index is 12.4. The quantitative estimate of drug-likeness (QED) is 0.190. The van der Waals surface area contributed by atoms with Crippen molar-refractivity contribution in [2.24, 2.45) is 5.10 Å². The number of nitrogens with zero attached hydrogens (tertiary/aromatic N) is 2. The number of carbonyl (C=O) groups is 2. The van der Waals surface area contributed by atoms with E-state index in [1.165, 1.54) is 30.5 Å². The molecule has 0 saturated heterocycles. The van der Waals surface area contributed by atoms with Crippen LogP contribution in [-0.4, -0.2) is 23.0 Å². The van der Waals surface area contributed by atoms with Crippen LogP contribution in [0.5, 0.6) is 5.75 Å². The van der Waals surface area contributed by atoms with Crippen molar-refractivity contribution < 1.29 is 19.2 Å². The van der Waals surface area contributed by atoms with Crippen molar-refractivity contribution in [3.05, 3.63) is 104 Å². The number of hydrogen-bond donors (Lipinski definition) is 1. The number of benzene rings is 3. The summed E-state index contributed by atoms with van der Waals surface area (Å²) in [6.07, 6.45) is 1.34. The average molecular weight is 468 g/mol. The first-order valence-corrected chi connectivity index (χ1v) is 9.38. The zero-order valence-corrected chi connectivity index (χ0v) is 16.9. The molecule has 1 N–H and O–H groups in total. The summed E-state index contributed by atoms with van der Waals surface area (Å²) in [7, 11) is 0. The molecular weight excluding hydrogens is 454 g/mol. The van der Waals surface area contributed by atoms with Crippen LogP contribution in [0, 0.1) is 10.1 Å². The number of nitrogens with one attached hydrogen (secondary N) is 1. The number of hydrogen-bond acceptors (Lipinski definition) is 6. The molecule has 0 atom stereocenters. The van der Waals surface area contributed by atoms with Crippen molar-refractivity contribution in [1.29, 1.82) is 0 Å². The van der Waals surface area contributed by atoms with Crippen molar-refractivity contribution in [2.75, 3.05) is 0 Å². The fraction of sp³-hybridized carbons (Fsp3) is 0. The summed E-state index contributed by atoms with van der Waals surface area (Å²) in [5.41, 5.74) is 3.27. The molecule has 0 unspecified atom stereocenters. The van der Waals surface area contributed by atoms with E-state index in [4.69, 9.17) is 4.74 Å². The third kappa shape index (κ3) is 5.15. The van der Waals surface area contributed by atoms with Gasteiger partial charge in [-0.1, -0.05) is 24.3 Å². The Hall–Kier alpha value is -3.85. The topological polar surface area (TPSA) is 111 Å². The second-order valence-corrected chi connectivity index (χ2v) is 6.76. The largest absolute Gasteiger partial charge is 0.422 e. The highest BCUT2D eigenvalue weighted by Crippen LogP contribution is 2.21. The van der Waals surface area contributed by atoms with Gasteiger partial charge in [0.25, 0.3) is 11.6 Å². The Balaban J connectivity index is 1.69. The van der Waals surface area contributed by atoms with E-state index in [1.807, 2.05) is 0 Å². The molecule has 3 aromatic carbocycles. The number of ether oxygens (including phenoxy) is 1. The van der Waals surface area contributed by atoms with Crippen LogP contribution in [0.3, 0.4) is 0 Å². The lowest BCUT2D eigenvalue weighted by Gasteiger charge is -2.08. The summed E-state index contributed by atoms with van der Waals surface area (Å²) >= 11 is 3.31. The molecule has 0 bridgehead atoms. The van der Waals surface area contributed by atoms with Crippen LogP contribution in [0.15, 0.2) is 82.4 Å². The minimum absolute atomic E-state index is 0.115. The third-order valence-corrected chi connectivity index (χ3v) is 4.62. The number of carbonyl (C=O) groups excluding carboxylic acids is 2. The maximum atomic E-state index is 12.4. The van der Waals surface area contributed by atoms with Gasteiger partial charge in [-0.2, -0.15) is 5.10 Å². The third-order valence-electron chi connectivity index (χ3n) is 3.93. The van der Waals surface area contributed by atoms with E-state index in [0.717, 1.165) is 0 Å². The van der Waals surface area contributed by atoms with Crippen LogP contribution < -0.4 is 10.2 Å². The minimum atomic E-state index is -0.550. The van der Waals surface area contributed by atoms with Crippen molar-refractivity contribution in [3.63, 3.8) is 0 Å². The van der Waals surface area contributed by atoms with Gasteiger partial charge in [-0.15, -0.1) is 0 Å². The van der Waals surface area contributed by atoms with Gasteiger partial charge < -0.3 is 4.74 Å². The molecule has 0 aliphatic carbocycles. The van der Waals surface area contributed by atoms with Gasteiger partial charge in [-0.05, 0) is 52.3 Å². The Morgan fingerprint density at radius 3 is 2.37 bits per heavy atom. The van der Waals surface area contributed by atoms with Crippen molar-refractivity contribution in [3.8, 4) is 5.75 Å². The standard InChI is InChI=1S/C21H14BrN3O5/c22-18-7-3-2-6-17(18)21(27)30-19-8-4-1-5-15(19)13-23-24-20(26)14-9-11-16(12-10-14)25(28)29/h1-13H,(H,24,26). The zero-order valence-electron chi connectivity index (χ0n) is 15.3. The first kappa shape index (κ1) is 20.9. The van der Waals surface area contributed by atoms with Crippen LogP contribution in [0.4, 0.5) is 5.69 Å².